The van der Waals surface area contributed by atoms with Crippen molar-refractivity contribution in [1.82, 2.24) is 10.5 Å². The van der Waals surface area contributed by atoms with E-state index in [0.717, 1.165) is 18.6 Å². The number of amides is 1. The molecule has 0 aliphatic heterocycles. The van der Waals surface area contributed by atoms with Gasteiger partial charge in [-0.05, 0) is 37.5 Å². The highest BCUT2D eigenvalue weighted by Gasteiger charge is 2.19. The topological polar surface area (TPSA) is 64.4 Å². The average molecular weight is 302 g/mol. The number of carbonyl (C=O) groups excluding carboxylic acids is 1. The summed E-state index contributed by atoms with van der Waals surface area (Å²) in [6, 6.07) is 7.92. The molecule has 1 aromatic heterocycles. The highest BCUT2D eigenvalue weighted by atomic mass is 16.5. The quantitative estimate of drug-likeness (QED) is 0.852. The minimum absolute atomic E-state index is 0.223. The van der Waals surface area contributed by atoms with Crippen molar-refractivity contribution in [2.24, 2.45) is 0 Å². The van der Waals surface area contributed by atoms with Gasteiger partial charge in [-0.3, -0.25) is 4.79 Å². The number of benzene rings is 1. The van der Waals surface area contributed by atoms with Crippen LogP contribution in [0.2, 0.25) is 0 Å². The van der Waals surface area contributed by atoms with Gasteiger partial charge in [0.05, 0.1) is 5.56 Å². The molecule has 1 N–H and O–H groups in total. The van der Waals surface area contributed by atoms with Crippen LogP contribution in [0.5, 0.6) is 5.75 Å². The van der Waals surface area contributed by atoms with E-state index in [1.165, 1.54) is 5.56 Å². The lowest BCUT2D eigenvalue weighted by Gasteiger charge is -2.07. The molecule has 1 amide bonds. The van der Waals surface area contributed by atoms with Gasteiger partial charge in [0.1, 0.15) is 18.1 Å². The Hall–Kier alpha value is -2.30. The lowest BCUT2D eigenvalue weighted by molar-refractivity contribution is 0.0942. The summed E-state index contributed by atoms with van der Waals surface area (Å²) >= 11 is 0. The fraction of sp³-hybridized carbons (Fsp3) is 0.412. The van der Waals surface area contributed by atoms with Gasteiger partial charge >= 0.3 is 0 Å². The van der Waals surface area contributed by atoms with Crippen LogP contribution in [0.1, 0.15) is 47.6 Å². The highest BCUT2D eigenvalue weighted by Crippen LogP contribution is 2.18. The van der Waals surface area contributed by atoms with Gasteiger partial charge in [0.25, 0.3) is 5.91 Å². The lowest BCUT2D eigenvalue weighted by atomic mass is 10.1. The normalized spacial score (nSPS) is 10.5. The minimum Gasteiger partial charge on any atom is -0.489 e. The van der Waals surface area contributed by atoms with Crippen molar-refractivity contribution >= 4 is 5.91 Å². The number of nitrogens with one attached hydrogen (secondary N) is 1. The van der Waals surface area contributed by atoms with Gasteiger partial charge in [-0.25, -0.2) is 0 Å². The van der Waals surface area contributed by atoms with Crippen molar-refractivity contribution in [3.63, 3.8) is 0 Å². The van der Waals surface area contributed by atoms with Gasteiger partial charge in [-0.1, -0.05) is 31.1 Å². The van der Waals surface area contributed by atoms with Gasteiger partial charge in [0.15, 0.2) is 5.69 Å². The van der Waals surface area contributed by atoms with Crippen molar-refractivity contribution < 1.29 is 14.1 Å². The molecule has 2 rings (SSSR count). The number of hydrogen-bond donors (Lipinski definition) is 1. The first kappa shape index (κ1) is 16.1. The Morgan fingerprint density at radius 3 is 2.64 bits per heavy atom. The number of nitrogens with zero attached hydrogens (tertiary/aromatic N) is 1. The number of rotatable bonds is 7. The Balaban J connectivity index is 2.05. The molecule has 22 heavy (non-hydrogen) atoms. The summed E-state index contributed by atoms with van der Waals surface area (Å²) < 4.78 is 10.9. The van der Waals surface area contributed by atoms with Crippen LogP contribution >= 0.6 is 0 Å². The molecule has 1 aromatic carbocycles. The van der Waals surface area contributed by atoms with Crippen LogP contribution in [0, 0.1) is 6.92 Å². The zero-order valence-corrected chi connectivity index (χ0v) is 13.3. The van der Waals surface area contributed by atoms with E-state index in [0.29, 0.717) is 23.6 Å². The highest BCUT2D eigenvalue weighted by molar-refractivity contribution is 5.93. The summed E-state index contributed by atoms with van der Waals surface area (Å²) in [5, 5.41) is 6.64. The molecule has 0 bridgehead atoms. The van der Waals surface area contributed by atoms with E-state index in [4.69, 9.17) is 9.26 Å². The Morgan fingerprint density at radius 1 is 1.27 bits per heavy atom. The molecule has 0 unspecified atom stereocenters. The summed E-state index contributed by atoms with van der Waals surface area (Å²) in [6.45, 7) is 6.76. The Morgan fingerprint density at radius 2 is 2.00 bits per heavy atom. The molecular weight excluding hydrogens is 280 g/mol. The summed E-state index contributed by atoms with van der Waals surface area (Å²) in [4.78, 5) is 12.0. The summed E-state index contributed by atoms with van der Waals surface area (Å²) in [5.41, 5.74) is 2.25. The molecule has 0 atom stereocenters. The molecule has 1 heterocycles. The number of aromatic nitrogens is 1. The Bertz CT molecular complexity index is 617. The van der Waals surface area contributed by atoms with Crippen molar-refractivity contribution in [2.45, 2.75) is 40.2 Å². The number of hydrogen-bond acceptors (Lipinski definition) is 4. The molecule has 0 spiro atoms. The van der Waals surface area contributed by atoms with Crippen molar-refractivity contribution in [1.29, 1.82) is 0 Å². The molecule has 5 nitrogen and oxygen atoms in total. The second-order valence-electron chi connectivity index (χ2n) is 5.11. The monoisotopic (exact) mass is 302 g/mol. The summed E-state index contributed by atoms with van der Waals surface area (Å²) in [5.74, 6) is 1.14. The molecule has 118 valence electrons. The molecular formula is C17H22N2O3. The van der Waals surface area contributed by atoms with Crippen molar-refractivity contribution in [2.75, 3.05) is 6.54 Å². The van der Waals surface area contributed by atoms with Crippen molar-refractivity contribution in [3.8, 4) is 5.75 Å². The van der Waals surface area contributed by atoms with E-state index >= 15 is 0 Å². The summed E-state index contributed by atoms with van der Waals surface area (Å²) in [6.07, 6.45) is 1.87. The van der Waals surface area contributed by atoms with E-state index in [1.54, 1.807) is 6.92 Å². The molecule has 0 saturated heterocycles. The van der Waals surface area contributed by atoms with Crippen LogP contribution < -0.4 is 10.1 Å². The first-order valence-corrected chi connectivity index (χ1v) is 7.60. The SMILES string of the molecule is CCCNC(=O)c1noc(C)c1COc1ccc(CC)cc1. The third-order valence-corrected chi connectivity index (χ3v) is 3.45. The maximum Gasteiger partial charge on any atom is 0.273 e. The molecule has 0 radical (unpaired) electrons. The zero-order chi connectivity index (χ0) is 15.9. The number of carbonyl (C=O) groups is 1. The first-order valence-electron chi connectivity index (χ1n) is 7.60. The van der Waals surface area contributed by atoms with Crippen LogP contribution in [0.3, 0.4) is 0 Å². The maximum atomic E-state index is 12.0. The zero-order valence-electron chi connectivity index (χ0n) is 13.3. The largest absolute Gasteiger partial charge is 0.489 e. The van der Waals surface area contributed by atoms with Gasteiger partial charge in [0.2, 0.25) is 0 Å². The molecule has 2 aromatic rings. The standard InChI is InChI=1S/C17H22N2O3/c1-4-10-18-17(20)16-15(12(3)22-19-16)11-21-14-8-6-13(5-2)7-9-14/h6-9H,4-5,10-11H2,1-3H3,(H,18,20). The second kappa shape index (κ2) is 7.64. The maximum absolute atomic E-state index is 12.0. The predicted octanol–water partition coefficient (Wildman–Crippen LogP) is 3.26. The third kappa shape index (κ3) is 3.87. The minimum atomic E-state index is -0.223. The Labute approximate surface area is 130 Å². The van der Waals surface area contributed by atoms with Crippen LogP contribution in [0.15, 0.2) is 28.8 Å². The first-order chi connectivity index (χ1) is 10.7. The van der Waals surface area contributed by atoms with Gasteiger partial charge in [-0.2, -0.15) is 0 Å². The molecule has 0 aliphatic carbocycles. The van der Waals surface area contributed by atoms with Crippen LogP contribution in [0.4, 0.5) is 0 Å². The smallest absolute Gasteiger partial charge is 0.273 e. The van der Waals surface area contributed by atoms with E-state index in [9.17, 15) is 4.79 Å². The lowest BCUT2D eigenvalue weighted by Crippen LogP contribution is -2.25. The van der Waals surface area contributed by atoms with Crippen LogP contribution in [0.25, 0.3) is 0 Å². The third-order valence-electron chi connectivity index (χ3n) is 3.45. The van der Waals surface area contributed by atoms with Crippen LogP contribution in [-0.2, 0) is 13.0 Å². The summed E-state index contributed by atoms with van der Waals surface area (Å²) in [7, 11) is 0. The Kier molecular flexibility index (Phi) is 5.58. The second-order valence-corrected chi connectivity index (χ2v) is 5.11. The van der Waals surface area contributed by atoms with E-state index in [2.05, 4.69) is 17.4 Å². The van der Waals surface area contributed by atoms with E-state index < -0.39 is 0 Å². The number of aryl methyl sites for hydroxylation is 2. The van der Waals surface area contributed by atoms with Gasteiger partial charge in [0, 0.05) is 6.54 Å². The van der Waals surface area contributed by atoms with E-state index in [-0.39, 0.29) is 12.5 Å². The molecule has 0 fully saturated rings. The van der Waals surface area contributed by atoms with Crippen LogP contribution in [-0.4, -0.2) is 17.6 Å². The van der Waals surface area contributed by atoms with Gasteiger partial charge < -0.3 is 14.6 Å². The van der Waals surface area contributed by atoms with E-state index in [1.807, 2.05) is 31.2 Å². The molecule has 5 heteroatoms. The average Bonchev–Trinajstić information content (AvgIpc) is 2.92. The fourth-order valence-corrected chi connectivity index (χ4v) is 2.04. The number of ether oxygens (including phenoxy) is 1. The fourth-order valence-electron chi connectivity index (χ4n) is 2.04. The molecule has 0 aliphatic rings. The predicted molar refractivity (Wildman–Crippen MR) is 84.0 cm³/mol. The van der Waals surface area contributed by atoms with Gasteiger partial charge in [-0.15, -0.1) is 0 Å². The molecule has 0 saturated carbocycles. The van der Waals surface area contributed by atoms with Crippen molar-refractivity contribution in [3.05, 3.63) is 46.8 Å².